The number of rotatable bonds is 13. The van der Waals surface area contributed by atoms with Crippen molar-refractivity contribution >= 4 is 23.5 Å². The van der Waals surface area contributed by atoms with E-state index >= 15 is 0 Å². The van der Waals surface area contributed by atoms with Crippen LogP contribution in [0.2, 0.25) is 0 Å². The fraction of sp³-hybridized carbons (Fsp3) is 0.486. The lowest BCUT2D eigenvalue weighted by Crippen LogP contribution is -2.48. The summed E-state index contributed by atoms with van der Waals surface area (Å²) in [4.78, 5) is 40.2. The van der Waals surface area contributed by atoms with Crippen LogP contribution in [-0.4, -0.2) is 103 Å². The number of aromatic carboxylic acids is 2. The van der Waals surface area contributed by atoms with Crippen LogP contribution >= 0.6 is 0 Å². The number of hydrogen-bond donors (Lipinski definition) is 10. The van der Waals surface area contributed by atoms with Gasteiger partial charge in [-0.15, -0.1) is 0 Å². The van der Waals surface area contributed by atoms with E-state index in [4.69, 9.17) is 20.4 Å². The number of carbonyl (C=O) groups excluding carboxylic acids is 1. The van der Waals surface area contributed by atoms with Gasteiger partial charge in [0.1, 0.15) is 18.3 Å². The zero-order valence-electron chi connectivity index (χ0n) is 28.0. The molecule has 4 aliphatic rings. The highest BCUT2D eigenvalue weighted by atomic mass is 16.4. The van der Waals surface area contributed by atoms with Gasteiger partial charge in [-0.3, -0.25) is 4.79 Å². The van der Waals surface area contributed by atoms with Crippen LogP contribution in [0.3, 0.4) is 0 Å². The van der Waals surface area contributed by atoms with E-state index in [0.29, 0.717) is 5.56 Å². The summed E-state index contributed by atoms with van der Waals surface area (Å²) in [5, 5.41) is 69.1. The topological polar surface area (TPSA) is 233 Å². The van der Waals surface area contributed by atoms with Gasteiger partial charge in [0.15, 0.2) is 0 Å². The maximum absolute atomic E-state index is 13.6. The van der Waals surface area contributed by atoms with E-state index in [2.05, 4.69) is 15.6 Å². The van der Waals surface area contributed by atoms with Crippen LogP contribution in [0.15, 0.2) is 54.6 Å². The monoisotopic (exact) mass is 693 g/mol. The van der Waals surface area contributed by atoms with Crippen molar-refractivity contribution < 1.29 is 50.1 Å². The zero-order valence-corrected chi connectivity index (χ0v) is 28.0. The standard InChI is InChI=1S/C30H30N2O5.C7H17NO5/c33-27(31-23-10-21(28(34)35)9-22(11-23)29(36)37)24-12-25(20-4-2-1-3-5-20)32-26(24)16-30-13-17-6-18(14-30)8-19(7-17)15-30;1-8-2-4(10)6(12)7(13)5(11)3-9/h1-5,9-12,17-19,32H,6-8,13-16H2,(H,31,33)(H,34,35)(H,36,37);4-13H,2-3H2,1H3/t;4-,5+,6+,7+/m.0/s1. The summed E-state index contributed by atoms with van der Waals surface area (Å²) < 4.78 is 0. The van der Waals surface area contributed by atoms with Gasteiger partial charge in [-0.1, -0.05) is 30.3 Å². The van der Waals surface area contributed by atoms with Crippen LogP contribution in [-0.2, 0) is 6.42 Å². The number of carboxylic acids is 2. The summed E-state index contributed by atoms with van der Waals surface area (Å²) >= 11 is 0. The minimum atomic E-state index is -1.55. The molecule has 4 saturated carbocycles. The molecule has 4 bridgehead atoms. The number of carboxylic acid groups (broad SMARTS) is 2. The van der Waals surface area contributed by atoms with Crippen molar-refractivity contribution in [2.45, 2.75) is 69.4 Å². The fourth-order valence-electron chi connectivity index (χ4n) is 8.53. The highest BCUT2D eigenvalue weighted by Crippen LogP contribution is 2.61. The molecule has 4 fully saturated rings. The number of aromatic nitrogens is 1. The molecule has 13 heteroatoms. The molecule has 1 aromatic heterocycles. The number of likely N-dealkylation sites (N-methyl/N-ethyl adjacent to an activating group) is 1. The Bertz CT molecular complexity index is 1590. The average Bonchev–Trinajstić information content (AvgIpc) is 3.50. The Labute approximate surface area is 290 Å². The summed E-state index contributed by atoms with van der Waals surface area (Å²) in [5.74, 6) is -0.513. The van der Waals surface area contributed by atoms with Crippen LogP contribution in [0.1, 0.15) is 75.3 Å². The molecule has 4 aliphatic carbocycles. The molecule has 0 radical (unpaired) electrons. The van der Waals surface area contributed by atoms with Gasteiger partial charge in [-0.05, 0) is 105 Å². The van der Waals surface area contributed by atoms with Crippen LogP contribution < -0.4 is 10.6 Å². The van der Waals surface area contributed by atoms with E-state index in [1.807, 2.05) is 36.4 Å². The molecule has 4 atom stereocenters. The maximum atomic E-state index is 13.6. The first-order valence-electron chi connectivity index (χ1n) is 17.0. The van der Waals surface area contributed by atoms with E-state index in [1.54, 1.807) is 7.05 Å². The zero-order chi connectivity index (χ0) is 36.2. The second-order valence-electron chi connectivity index (χ2n) is 14.3. The van der Waals surface area contributed by atoms with Gasteiger partial charge in [0.25, 0.3) is 5.91 Å². The van der Waals surface area contributed by atoms with Crippen molar-refractivity contribution in [2.75, 3.05) is 25.5 Å². The Morgan fingerprint density at radius 2 is 1.36 bits per heavy atom. The molecule has 13 nitrogen and oxygen atoms in total. The van der Waals surface area contributed by atoms with Crippen molar-refractivity contribution in [3.8, 4) is 11.3 Å². The number of nitrogens with one attached hydrogen (secondary N) is 3. The third kappa shape index (κ3) is 8.60. The average molecular weight is 694 g/mol. The van der Waals surface area contributed by atoms with Gasteiger partial charge >= 0.3 is 11.9 Å². The van der Waals surface area contributed by atoms with Crippen molar-refractivity contribution in [3.05, 3.63) is 77.0 Å². The predicted octanol–water partition coefficient (Wildman–Crippen LogP) is 2.73. The van der Waals surface area contributed by atoms with E-state index in [0.717, 1.165) is 47.2 Å². The number of aliphatic hydroxyl groups is 5. The fourth-order valence-corrected chi connectivity index (χ4v) is 8.53. The second-order valence-corrected chi connectivity index (χ2v) is 14.3. The Kier molecular flexibility index (Phi) is 11.8. The summed E-state index contributed by atoms with van der Waals surface area (Å²) in [6.45, 7) is -0.569. The van der Waals surface area contributed by atoms with Crippen LogP contribution in [0.4, 0.5) is 5.69 Å². The predicted molar refractivity (Wildman–Crippen MR) is 184 cm³/mol. The lowest BCUT2D eigenvalue weighted by molar-refractivity contribution is -0.113. The van der Waals surface area contributed by atoms with E-state index in [9.17, 15) is 29.7 Å². The molecule has 10 N–H and O–H groups in total. The molecule has 3 aromatic rings. The SMILES string of the molecule is CNC[C@H](O)[C@@H](O)[C@H](O)[C@H](O)CO.O=C(O)c1cc(NC(=O)c2cc(-c3ccccc3)[nH]c2CC23CC4CC(CC(C4)C2)C3)cc(C(=O)O)c1. The summed E-state index contributed by atoms with van der Waals surface area (Å²) in [7, 11) is 1.57. The van der Waals surface area contributed by atoms with Gasteiger partial charge in [0.2, 0.25) is 0 Å². The van der Waals surface area contributed by atoms with Crippen LogP contribution in [0.5, 0.6) is 0 Å². The van der Waals surface area contributed by atoms with Crippen LogP contribution in [0.25, 0.3) is 11.3 Å². The molecular weight excluding hydrogens is 646 g/mol. The molecule has 50 heavy (non-hydrogen) atoms. The number of hydrogen-bond acceptors (Lipinski definition) is 9. The van der Waals surface area contributed by atoms with Crippen molar-refractivity contribution in [1.29, 1.82) is 0 Å². The molecular formula is C37H47N3O10. The Hall–Kier alpha value is -4.11. The summed E-state index contributed by atoms with van der Waals surface area (Å²) in [5.41, 5.74) is 3.22. The van der Waals surface area contributed by atoms with Crippen LogP contribution in [0, 0.1) is 23.2 Å². The Morgan fingerprint density at radius 1 is 0.820 bits per heavy atom. The maximum Gasteiger partial charge on any atom is 0.335 e. The van der Waals surface area contributed by atoms with Gasteiger partial charge < -0.3 is 51.4 Å². The highest BCUT2D eigenvalue weighted by Gasteiger charge is 2.51. The molecule has 0 spiro atoms. The first-order chi connectivity index (χ1) is 23.8. The van der Waals surface area contributed by atoms with Gasteiger partial charge in [-0.2, -0.15) is 0 Å². The van der Waals surface area contributed by atoms with Crippen molar-refractivity contribution in [2.24, 2.45) is 23.2 Å². The van der Waals surface area contributed by atoms with Gasteiger partial charge in [-0.25, -0.2) is 9.59 Å². The van der Waals surface area contributed by atoms with Crippen molar-refractivity contribution in [3.63, 3.8) is 0 Å². The normalized spacial score (nSPS) is 24.4. The number of aromatic amines is 1. The second kappa shape index (κ2) is 15.8. The molecule has 1 amide bonds. The first-order valence-corrected chi connectivity index (χ1v) is 17.0. The lowest BCUT2D eigenvalue weighted by Gasteiger charge is -2.57. The smallest absolute Gasteiger partial charge is 0.335 e. The molecule has 0 saturated heterocycles. The number of aliphatic hydroxyl groups excluding tert-OH is 5. The molecule has 7 rings (SSSR count). The van der Waals surface area contributed by atoms with Gasteiger partial charge in [0, 0.05) is 23.6 Å². The largest absolute Gasteiger partial charge is 0.478 e. The lowest BCUT2D eigenvalue weighted by atomic mass is 9.48. The number of amides is 1. The Balaban J connectivity index is 0.000000320. The number of H-pyrrole nitrogens is 1. The molecule has 0 aliphatic heterocycles. The molecule has 270 valence electrons. The minimum absolute atomic E-state index is 0.0936. The quantitative estimate of drug-likeness (QED) is 0.125. The van der Waals surface area contributed by atoms with E-state index in [-0.39, 0.29) is 34.7 Å². The third-order valence-electron chi connectivity index (χ3n) is 10.4. The third-order valence-corrected chi connectivity index (χ3v) is 10.4. The Morgan fingerprint density at radius 3 is 1.86 bits per heavy atom. The number of anilines is 1. The highest BCUT2D eigenvalue weighted by molar-refractivity contribution is 6.07. The van der Waals surface area contributed by atoms with Crippen molar-refractivity contribution in [1.82, 2.24) is 10.3 Å². The number of carbonyl (C=O) groups is 3. The molecule has 1 heterocycles. The summed E-state index contributed by atoms with van der Waals surface area (Å²) in [6, 6.07) is 15.4. The minimum Gasteiger partial charge on any atom is -0.478 e. The van der Waals surface area contributed by atoms with E-state index < -0.39 is 43.0 Å². The molecule has 2 aromatic carbocycles. The van der Waals surface area contributed by atoms with Gasteiger partial charge in [0.05, 0.1) is 29.4 Å². The van der Waals surface area contributed by atoms with E-state index in [1.165, 1.54) is 50.7 Å². The number of benzene rings is 2. The summed E-state index contributed by atoms with van der Waals surface area (Å²) in [6.07, 6.45) is 2.83. The molecule has 0 unspecified atom stereocenters. The first kappa shape index (κ1) is 37.2.